The van der Waals surface area contributed by atoms with Gasteiger partial charge in [0, 0.05) is 18.3 Å². The molecule has 21 heavy (non-hydrogen) atoms. The Morgan fingerprint density at radius 2 is 1.95 bits per heavy atom. The van der Waals surface area contributed by atoms with Gasteiger partial charge in [0.25, 0.3) is 5.91 Å². The van der Waals surface area contributed by atoms with Gasteiger partial charge in [0.1, 0.15) is 5.69 Å². The molecule has 2 N–H and O–H groups in total. The van der Waals surface area contributed by atoms with Crippen LogP contribution in [0.2, 0.25) is 5.02 Å². The Morgan fingerprint density at radius 1 is 1.38 bits per heavy atom. The van der Waals surface area contributed by atoms with Crippen molar-refractivity contribution in [2.75, 3.05) is 0 Å². The molecular weight excluding hydrogens is 292 g/mol. The number of carbonyl (C=O) groups is 2. The molecule has 1 rings (SSSR count). The SMILES string of the molecule is CC(C)n1cc(Cl)cc1C(=O)NC(CC(=O)O)C(C)(C)C. The molecule has 0 spiro atoms. The number of aromatic nitrogens is 1. The summed E-state index contributed by atoms with van der Waals surface area (Å²) in [4.78, 5) is 23.4. The van der Waals surface area contributed by atoms with Crippen LogP contribution in [0.4, 0.5) is 0 Å². The van der Waals surface area contributed by atoms with Crippen LogP contribution >= 0.6 is 11.6 Å². The van der Waals surface area contributed by atoms with Gasteiger partial charge in [0.15, 0.2) is 0 Å². The lowest BCUT2D eigenvalue weighted by Gasteiger charge is -2.30. The predicted molar refractivity (Wildman–Crippen MR) is 82.8 cm³/mol. The Labute approximate surface area is 130 Å². The van der Waals surface area contributed by atoms with Crippen LogP contribution < -0.4 is 5.32 Å². The molecule has 1 unspecified atom stereocenters. The summed E-state index contributed by atoms with van der Waals surface area (Å²) in [5.41, 5.74) is 0.0854. The molecule has 0 aliphatic carbocycles. The number of hydrogen-bond acceptors (Lipinski definition) is 2. The van der Waals surface area contributed by atoms with Crippen molar-refractivity contribution in [1.29, 1.82) is 0 Å². The summed E-state index contributed by atoms with van der Waals surface area (Å²) >= 11 is 5.97. The van der Waals surface area contributed by atoms with Gasteiger partial charge < -0.3 is 15.0 Å². The summed E-state index contributed by atoms with van der Waals surface area (Å²) in [6.07, 6.45) is 1.58. The molecule has 0 aliphatic rings. The van der Waals surface area contributed by atoms with E-state index >= 15 is 0 Å². The van der Waals surface area contributed by atoms with E-state index in [1.54, 1.807) is 16.8 Å². The fourth-order valence-corrected chi connectivity index (χ4v) is 2.24. The highest BCUT2D eigenvalue weighted by Crippen LogP contribution is 2.24. The van der Waals surface area contributed by atoms with Crippen molar-refractivity contribution in [2.24, 2.45) is 5.41 Å². The highest BCUT2D eigenvalue weighted by Gasteiger charge is 2.29. The van der Waals surface area contributed by atoms with E-state index in [9.17, 15) is 9.59 Å². The number of carbonyl (C=O) groups excluding carboxylic acids is 1. The number of rotatable bonds is 5. The van der Waals surface area contributed by atoms with E-state index in [1.807, 2.05) is 34.6 Å². The lowest BCUT2D eigenvalue weighted by molar-refractivity contribution is -0.138. The zero-order chi connectivity index (χ0) is 16.4. The van der Waals surface area contributed by atoms with Gasteiger partial charge in [-0.3, -0.25) is 9.59 Å². The first-order valence-electron chi connectivity index (χ1n) is 6.92. The molecule has 1 aromatic heterocycles. The van der Waals surface area contributed by atoms with Gasteiger partial charge in [-0.15, -0.1) is 0 Å². The van der Waals surface area contributed by atoms with Crippen LogP contribution in [0.25, 0.3) is 0 Å². The van der Waals surface area contributed by atoms with Gasteiger partial charge >= 0.3 is 5.97 Å². The van der Waals surface area contributed by atoms with Crippen molar-refractivity contribution >= 4 is 23.5 Å². The Balaban J connectivity index is 3.00. The first-order valence-corrected chi connectivity index (χ1v) is 7.30. The third kappa shape index (κ3) is 4.77. The molecule has 0 aliphatic heterocycles. The van der Waals surface area contributed by atoms with E-state index in [1.165, 1.54) is 0 Å². The number of nitrogens with zero attached hydrogens (tertiary/aromatic N) is 1. The van der Waals surface area contributed by atoms with Gasteiger partial charge in [-0.1, -0.05) is 32.4 Å². The number of carboxylic acids is 1. The zero-order valence-corrected chi connectivity index (χ0v) is 13.9. The highest BCUT2D eigenvalue weighted by molar-refractivity contribution is 6.31. The number of aliphatic carboxylic acids is 1. The van der Waals surface area contributed by atoms with Crippen molar-refractivity contribution in [1.82, 2.24) is 9.88 Å². The summed E-state index contributed by atoms with van der Waals surface area (Å²) in [5, 5.41) is 12.3. The average molecular weight is 315 g/mol. The zero-order valence-electron chi connectivity index (χ0n) is 13.1. The molecular formula is C15H23ClN2O3. The maximum atomic E-state index is 12.4. The lowest BCUT2D eigenvalue weighted by Crippen LogP contribution is -2.45. The van der Waals surface area contributed by atoms with Crippen LogP contribution in [0.3, 0.4) is 0 Å². The Bertz CT molecular complexity index is 530. The first kappa shape index (κ1) is 17.6. The Morgan fingerprint density at radius 3 is 2.38 bits per heavy atom. The number of amides is 1. The molecule has 1 aromatic rings. The molecule has 0 saturated heterocycles. The third-order valence-corrected chi connectivity index (χ3v) is 3.54. The van der Waals surface area contributed by atoms with Gasteiger partial charge in [-0.05, 0) is 25.3 Å². The number of halogens is 1. The fourth-order valence-electron chi connectivity index (χ4n) is 2.04. The average Bonchev–Trinajstić information content (AvgIpc) is 2.68. The van der Waals surface area contributed by atoms with Crippen LogP contribution in [0, 0.1) is 5.41 Å². The number of hydrogen-bond donors (Lipinski definition) is 2. The van der Waals surface area contributed by atoms with E-state index in [0.717, 1.165) is 0 Å². The summed E-state index contributed by atoms with van der Waals surface area (Å²) in [7, 11) is 0. The predicted octanol–water partition coefficient (Wildman–Crippen LogP) is 3.34. The van der Waals surface area contributed by atoms with Crippen molar-refractivity contribution in [3.63, 3.8) is 0 Å². The second-order valence-electron chi connectivity index (χ2n) is 6.53. The van der Waals surface area contributed by atoms with Crippen LogP contribution in [-0.4, -0.2) is 27.6 Å². The minimum atomic E-state index is -0.938. The van der Waals surface area contributed by atoms with Gasteiger partial charge in [0.2, 0.25) is 0 Å². The quantitative estimate of drug-likeness (QED) is 0.875. The highest BCUT2D eigenvalue weighted by atomic mass is 35.5. The van der Waals surface area contributed by atoms with Crippen LogP contribution in [0.15, 0.2) is 12.3 Å². The molecule has 0 aromatic carbocycles. The van der Waals surface area contributed by atoms with Gasteiger partial charge in [0.05, 0.1) is 11.4 Å². The molecule has 6 heteroatoms. The third-order valence-electron chi connectivity index (χ3n) is 3.33. The smallest absolute Gasteiger partial charge is 0.305 e. The van der Waals surface area contributed by atoms with E-state index in [-0.39, 0.29) is 23.8 Å². The molecule has 1 amide bonds. The molecule has 0 fully saturated rings. The Kier molecular flexibility index (Phi) is 5.45. The molecule has 0 bridgehead atoms. The lowest BCUT2D eigenvalue weighted by atomic mass is 9.84. The molecule has 118 valence electrons. The normalized spacial score (nSPS) is 13.3. The minimum Gasteiger partial charge on any atom is -0.481 e. The summed E-state index contributed by atoms with van der Waals surface area (Å²) in [6.45, 7) is 9.59. The molecule has 0 saturated carbocycles. The largest absolute Gasteiger partial charge is 0.481 e. The van der Waals surface area contributed by atoms with Crippen molar-refractivity contribution in [3.8, 4) is 0 Å². The van der Waals surface area contributed by atoms with Crippen molar-refractivity contribution in [3.05, 3.63) is 23.0 Å². The first-order chi connectivity index (χ1) is 9.52. The minimum absolute atomic E-state index is 0.0887. The maximum absolute atomic E-state index is 12.4. The molecule has 1 heterocycles. The standard InChI is InChI=1S/C15H23ClN2O3/c1-9(2)18-8-10(16)6-11(18)14(21)17-12(7-13(19)20)15(3,4)5/h6,8-9,12H,7H2,1-5H3,(H,17,21)(H,19,20). The van der Waals surface area contributed by atoms with Gasteiger partial charge in [-0.2, -0.15) is 0 Å². The Hall–Kier alpha value is -1.49. The fraction of sp³-hybridized carbons (Fsp3) is 0.600. The molecule has 0 radical (unpaired) electrons. The van der Waals surface area contributed by atoms with E-state index in [2.05, 4.69) is 5.32 Å². The van der Waals surface area contributed by atoms with E-state index in [4.69, 9.17) is 16.7 Å². The van der Waals surface area contributed by atoms with E-state index < -0.39 is 12.0 Å². The maximum Gasteiger partial charge on any atom is 0.305 e. The topological polar surface area (TPSA) is 71.3 Å². The monoisotopic (exact) mass is 314 g/mol. The molecule has 5 nitrogen and oxygen atoms in total. The van der Waals surface area contributed by atoms with Crippen LogP contribution in [0.5, 0.6) is 0 Å². The summed E-state index contributed by atoms with van der Waals surface area (Å²) in [5.74, 6) is -1.25. The van der Waals surface area contributed by atoms with Crippen molar-refractivity contribution < 1.29 is 14.7 Å². The van der Waals surface area contributed by atoms with Gasteiger partial charge in [-0.25, -0.2) is 0 Å². The van der Waals surface area contributed by atoms with Crippen molar-refractivity contribution in [2.45, 2.75) is 53.1 Å². The second kappa shape index (κ2) is 6.52. The molecule has 1 atom stereocenters. The van der Waals surface area contributed by atoms with Crippen LogP contribution in [0.1, 0.15) is 57.6 Å². The van der Waals surface area contributed by atoms with E-state index in [0.29, 0.717) is 10.7 Å². The summed E-state index contributed by atoms with van der Waals surface area (Å²) < 4.78 is 1.78. The number of nitrogens with one attached hydrogen (secondary N) is 1. The number of carboxylic acid groups (broad SMARTS) is 1. The second-order valence-corrected chi connectivity index (χ2v) is 6.97. The van der Waals surface area contributed by atoms with Crippen LogP contribution in [-0.2, 0) is 4.79 Å². The summed E-state index contributed by atoms with van der Waals surface area (Å²) in [6, 6.07) is 1.22.